The smallest absolute Gasteiger partial charge is 0.0650 e. The summed E-state index contributed by atoms with van der Waals surface area (Å²) in [6.07, 6.45) is 57.8. The SMILES string of the molecule is CCCCCCCCCCCCCCCCCCCCCc1csc2c1sc1c3scc(CCCCCCCCCCCCCCCCCCCCC)c3sc21. The monoisotopic (exact) mass is 841 g/mol. The Labute approximate surface area is 363 Å². The maximum absolute atomic E-state index is 2.50. The number of fused-ring (bicyclic) bond motifs is 5. The maximum atomic E-state index is 2.50. The number of rotatable bonds is 40. The standard InChI is InChI=1S/C52H88S4/c1-3-5-7-9-11-13-15-17-19-21-23-25-27-29-31-33-35-37-39-41-45-43-53-49-47(45)55-52-50-48(56-51(49)52)46(44-54-50)42-40-38-36-34-32-30-28-26-24-22-20-18-16-14-12-10-8-6-4-2/h43-44H,3-42H2,1-2H3. The third-order valence-electron chi connectivity index (χ3n) is 12.8. The lowest BCUT2D eigenvalue weighted by Crippen LogP contribution is -1.85. The van der Waals surface area contributed by atoms with Crippen molar-refractivity contribution >= 4 is 73.5 Å². The van der Waals surface area contributed by atoms with E-state index in [0.717, 1.165) is 0 Å². The summed E-state index contributed by atoms with van der Waals surface area (Å²) in [6.45, 7) is 4.62. The number of hydrogen-bond acceptors (Lipinski definition) is 4. The summed E-state index contributed by atoms with van der Waals surface area (Å²) in [5.41, 5.74) is 3.29. The number of unbranched alkanes of at least 4 members (excludes halogenated alkanes) is 36. The Morgan fingerprint density at radius 3 is 0.696 bits per heavy atom. The van der Waals surface area contributed by atoms with Gasteiger partial charge in [0.1, 0.15) is 0 Å². The quantitative estimate of drug-likeness (QED) is 0.0392. The van der Waals surface area contributed by atoms with Crippen molar-refractivity contribution in [2.24, 2.45) is 0 Å². The van der Waals surface area contributed by atoms with Crippen LogP contribution >= 0.6 is 45.3 Å². The van der Waals surface area contributed by atoms with Crippen molar-refractivity contribution in [3.8, 4) is 0 Å². The van der Waals surface area contributed by atoms with Gasteiger partial charge in [-0.25, -0.2) is 0 Å². The Hall–Kier alpha value is -0.420. The molecule has 4 rings (SSSR count). The van der Waals surface area contributed by atoms with Crippen molar-refractivity contribution in [2.75, 3.05) is 0 Å². The predicted octanol–water partition coefficient (Wildman–Crippen LogP) is 21.3. The maximum Gasteiger partial charge on any atom is 0.0650 e. The van der Waals surface area contributed by atoms with E-state index in [1.807, 2.05) is 22.7 Å². The molecule has 0 saturated carbocycles. The highest BCUT2D eigenvalue weighted by Gasteiger charge is 2.19. The van der Waals surface area contributed by atoms with E-state index in [2.05, 4.69) is 47.3 Å². The minimum Gasteiger partial charge on any atom is -0.141 e. The van der Waals surface area contributed by atoms with Gasteiger partial charge in [0.25, 0.3) is 0 Å². The molecule has 0 bridgehead atoms. The molecule has 0 fully saturated rings. The van der Waals surface area contributed by atoms with Crippen molar-refractivity contribution in [3.63, 3.8) is 0 Å². The van der Waals surface area contributed by atoms with Crippen LogP contribution in [0, 0.1) is 0 Å². The van der Waals surface area contributed by atoms with Crippen LogP contribution in [-0.2, 0) is 12.8 Å². The van der Waals surface area contributed by atoms with Gasteiger partial charge >= 0.3 is 0 Å². The molecule has 0 atom stereocenters. The number of thiophene rings is 4. The molecule has 0 aliphatic rings. The zero-order chi connectivity index (χ0) is 39.1. The molecule has 0 nitrogen and oxygen atoms in total. The molecular formula is C52H88S4. The first-order chi connectivity index (χ1) is 27.8. The molecule has 320 valence electrons. The molecule has 4 heterocycles. The number of aryl methyl sites for hydroxylation is 2. The Kier molecular flexibility index (Phi) is 27.9. The van der Waals surface area contributed by atoms with Gasteiger partial charge in [-0.1, -0.05) is 245 Å². The molecule has 4 aromatic heterocycles. The van der Waals surface area contributed by atoms with Gasteiger partial charge < -0.3 is 0 Å². The molecule has 4 aromatic rings. The van der Waals surface area contributed by atoms with Gasteiger partial charge in [-0.2, -0.15) is 0 Å². The summed E-state index contributed by atoms with van der Waals surface area (Å²) in [5, 5.41) is 5.01. The van der Waals surface area contributed by atoms with Crippen LogP contribution in [0.15, 0.2) is 10.8 Å². The number of hydrogen-bond donors (Lipinski definition) is 0. The van der Waals surface area contributed by atoms with Gasteiger partial charge in [0.15, 0.2) is 0 Å². The molecule has 0 amide bonds. The molecule has 0 N–H and O–H groups in total. The average Bonchev–Trinajstić information content (AvgIpc) is 3.97. The fourth-order valence-corrected chi connectivity index (χ4v) is 14.8. The van der Waals surface area contributed by atoms with E-state index in [9.17, 15) is 0 Å². The van der Waals surface area contributed by atoms with Gasteiger partial charge in [-0.05, 0) is 47.6 Å². The summed E-state index contributed by atoms with van der Waals surface area (Å²) in [7, 11) is 0. The molecule has 0 saturated heterocycles. The normalized spacial score (nSPS) is 12.1. The zero-order valence-electron chi connectivity index (χ0n) is 37.1. The highest BCUT2D eigenvalue weighted by Crippen LogP contribution is 2.50. The Morgan fingerprint density at radius 1 is 0.250 bits per heavy atom. The van der Waals surface area contributed by atoms with Crippen molar-refractivity contribution < 1.29 is 0 Å². The second-order valence-corrected chi connectivity index (χ2v) is 21.7. The lowest BCUT2D eigenvalue weighted by Gasteiger charge is -2.04. The molecule has 0 aliphatic carbocycles. The fourth-order valence-electron chi connectivity index (χ4n) is 9.03. The minimum atomic E-state index is 1.28. The van der Waals surface area contributed by atoms with Crippen LogP contribution in [0.5, 0.6) is 0 Å². The molecule has 0 aliphatic heterocycles. The lowest BCUT2D eigenvalue weighted by molar-refractivity contribution is 0.523. The van der Waals surface area contributed by atoms with Crippen LogP contribution in [-0.4, -0.2) is 0 Å². The topological polar surface area (TPSA) is 0 Å². The van der Waals surface area contributed by atoms with Gasteiger partial charge in [0.2, 0.25) is 0 Å². The summed E-state index contributed by atoms with van der Waals surface area (Å²) < 4.78 is 9.64. The lowest BCUT2D eigenvalue weighted by atomic mass is 10.0. The molecule has 4 heteroatoms. The fraction of sp³-hybridized carbons (Fsp3) is 0.808. The predicted molar refractivity (Wildman–Crippen MR) is 265 cm³/mol. The van der Waals surface area contributed by atoms with E-state index >= 15 is 0 Å². The van der Waals surface area contributed by atoms with Gasteiger partial charge in [0, 0.05) is 0 Å². The summed E-state index contributed by atoms with van der Waals surface area (Å²) >= 11 is 8.30. The van der Waals surface area contributed by atoms with E-state index < -0.39 is 0 Å². The Morgan fingerprint density at radius 2 is 0.464 bits per heavy atom. The largest absolute Gasteiger partial charge is 0.141 e. The van der Waals surface area contributed by atoms with Crippen molar-refractivity contribution in [3.05, 3.63) is 21.9 Å². The Balaban J connectivity index is 0.961. The summed E-state index contributed by atoms with van der Waals surface area (Å²) in [5.74, 6) is 0. The van der Waals surface area contributed by atoms with E-state index in [-0.39, 0.29) is 0 Å². The minimum absolute atomic E-state index is 1.28. The highest BCUT2D eigenvalue weighted by atomic mass is 32.1. The van der Waals surface area contributed by atoms with Crippen LogP contribution in [0.1, 0.15) is 269 Å². The molecule has 0 unspecified atom stereocenters. The van der Waals surface area contributed by atoms with Gasteiger partial charge in [-0.3, -0.25) is 0 Å². The zero-order valence-corrected chi connectivity index (χ0v) is 40.3. The van der Waals surface area contributed by atoms with Crippen molar-refractivity contribution in [2.45, 2.75) is 271 Å². The molecule has 0 radical (unpaired) electrons. The Bertz CT molecular complexity index is 1350. The summed E-state index contributed by atoms with van der Waals surface area (Å²) in [4.78, 5) is 0. The first kappa shape index (κ1) is 48.2. The third kappa shape index (κ3) is 19.3. The first-order valence-electron chi connectivity index (χ1n) is 25.1. The van der Waals surface area contributed by atoms with Crippen LogP contribution in [0.25, 0.3) is 28.2 Å². The van der Waals surface area contributed by atoms with Crippen LogP contribution < -0.4 is 0 Å². The van der Waals surface area contributed by atoms with Crippen molar-refractivity contribution in [1.29, 1.82) is 0 Å². The molecule has 0 spiro atoms. The van der Waals surface area contributed by atoms with E-state index in [0.29, 0.717) is 0 Å². The second-order valence-electron chi connectivity index (χ2n) is 17.9. The van der Waals surface area contributed by atoms with Crippen LogP contribution in [0.4, 0.5) is 0 Å². The third-order valence-corrected chi connectivity index (χ3v) is 18.1. The van der Waals surface area contributed by atoms with E-state index in [1.54, 1.807) is 39.3 Å². The second kappa shape index (κ2) is 32.4. The van der Waals surface area contributed by atoms with Crippen LogP contribution in [0.2, 0.25) is 0 Å². The summed E-state index contributed by atoms with van der Waals surface area (Å²) in [6, 6.07) is 0. The van der Waals surface area contributed by atoms with E-state index in [1.165, 1.54) is 257 Å². The first-order valence-corrected chi connectivity index (χ1v) is 28.5. The molecular weight excluding hydrogens is 753 g/mol. The molecule has 0 aromatic carbocycles. The average molecular weight is 842 g/mol. The van der Waals surface area contributed by atoms with Gasteiger partial charge in [-0.15, -0.1) is 45.3 Å². The van der Waals surface area contributed by atoms with E-state index in [4.69, 9.17) is 0 Å². The van der Waals surface area contributed by atoms with Gasteiger partial charge in [0.05, 0.1) is 28.2 Å². The van der Waals surface area contributed by atoms with Crippen LogP contribution in [0.3, 0.4) is 0 Å². The van der Waals surface area contributed by atoms with Crippen molar-refractivity contribution in [1.82, 2.24) is 0 Å². The molecule has 56 heavy (non-hydrogen) atoms. The highest BCUT2D eigenvalue weighted by molar-refractivity contribution is 7.44.